The second-order valence-electron chi connectivity index (χ2n) is 5.06. The van der Waals surface area contributed by atoms with E-state index in [0.717, 1.165) is 11.4 Å². The first-order valence-corrected chi connectivity index (χ1v) is 7.09. The molecule has 2 atom stereocenters. The van der Waals surface area contributed by atoms with Crippen molar-refractivity contribution in [3.8, 4) is 0 Å². The topological polar surface area (TPSA) is 81.6 Å². The van der Waals surface area contributed by atoms with Gasteiger partial charge < -0.3 is 20.8 Å². The number of carbonyl (C=O) groups excluding carboxylic acids is 1. The largest absolute Gasteiger partial charge is 0.388 e. The molecule has 0 spiro atoms. The zero-order valence-electron chi connectivity index (χ0n) is 12.4. The minimum absolute atomic E-state index is 0.0144. The Kier molecular flexibility index (Phi) is 5.52. The molecule has 1 amide bonds. The third-order valence-corrected chi connectivity index (χ3v) is 3.24. The normalized spacial score (nSPS) is 13.2. The van der Waals surface area contributed by atoms with Crippen molar-refractivity contribution in [1.82, 2.24) is 5.32 Å². The molecule has 5 heteroatoms. The van der Waals surface area contributed by atoms with Crippen LogP contribution in [0.15, 0.2) is 54.6 Å². The maximum Gasteiger partial charge on any atom is 0.216 e. The lowest BCUT2D eigenvalue weighted by molar-refractivity contribution is -0.119. The van der Waals surface area contributed by atoms with Gasteiger partial charge in [-0.25, -0.2) is 0 Å². The third kappa shape index (κ3) is 4.58. The third-order valence-electron chi connectivity index (χ3n) is 3.24. The monoisotopic (exact) mass is 300 g/mol. The Hall–Kier alpha value is -2.37. The first kappa shape index (κ1) is 16.0. The Bertz CT molecular complexity index is 599. The van der Waals surface area contributed by atoms with Gasteiger partial charge in [-0.3, -0.25) is 4.79 Å². The predicted molar refractivity (Wildman–Crippen MR) is 85.8 cm³/mol. The number of aliphatic hydroxyl groups excluding tert-OH is 2. The molecule has 4 N–H and O–H groups in total. The van der Waals surface area contributed by atoms with Gasteiger partial charge in [-0.2, -0.15) is 0 Å². The van der Waals surface area contributed by atoms with Crippen molar-refractivity contribution in [3.05, 3.63) is 60.2 Å². The minimum Gasteiger partial charge on any atom is -0.388 e. The van der Waals surface area contributed by atoms with Gasteiger partial charge in [0.15, 0.2) is 0 Å². The number of para-hydroxylation sites is 1. The Labute approximate surface area is 129 Å². The molecule has 0 heterocycles. The molecule has 0 radical (unpaired) electrons. The van der Waals surface area contributed by atoms with E-state index in [9.17, 15) is 15.0 Å². The van der Waals surface area contributed by atoms with Crippen LogP contribution in [0.5, 0.6) is 0 Å². The van der Waals surface area contributed by atoms with Gasteiger partial charge in [-0.15, -0.1) is 0 Å². The molecule has 2 unspecified atom stereocenters. The van der Waals surface area contributed by atoms with Crippen molar-refractivity contribution < 1.29 is 15.0 Å². The summed E-state index contributed by atoms with van der Waals surface area (Å²) in [5.74, 6) is -0.242. The zero-order valence-corrected chi connectivity index (χ0v) is 12.4. The number of hydrogen-bond donors (Lipinski definition) is 4. The number of benzene rings is 2. The van der Waals surface area contributed by atoms with Gasteiger partial charge >= 0.3 is 0 Å². The fourth-order valence-corrected chi connectivity index (χ4v) is 2.03. The SMILES string of the molecule is CC(=O)NCC(O)C(O)c1ccc(Nc2ccccc2)cc1. The summed E-state index contributed by atoms with van der Waals surface area (Å²) in [7, 11) is 0. The van der Waals surface area contributed by atoms with Crippen LogP contribution in [0.1, 0.15) is 18.6 Å². The van der Waals surface area contributed by atoms with Gasteiger partial charge in [-0.05, 0) is 29.8 Å². The summed E-state index contributed by atoms with van der Waals surface area (Å²) in [5.41, 5.74) is 2.46. The van der Waals surface area contributed by atoms with Crippen LogP contribution in [0, 0.1) is 0 Å². The Balaban J connectivity index is 1.97. The summed E-state index contributed by atoms with van der Waals surface area (Å²) < 4.78 is 0. The zero-order chi connectivity index (χ0) is 15.9. The highest BCUT2D eigenvalue weighted by atomic mass is 16.3. The van der Waals surface area contributed by atoms with E-state index in [1.54, 1.807) is 12.1 Å². The lowest BCUT2D eigenvalue weighted by Crippen LogP contribution is -2.34. The molecular formula is C17H20N2O3. The van der Waals surface area contributed by atoms with Crippen LogP contribution < -0.4 is 10.6 Å². The smallest absolute Gasteiger partial charge is 0.216 e. The molecule has 5 nitrogen and oxygen atoms in total. The number of hydrogen-bond acceptors (Lipinski definition) is 4. The molecule has 116 valence electrons. The Morgan fingerprint density at radius 2 is 1.59 bits per heavy atom. The van der Waals surface area contributed by atoms with Crippen LogP contribution in [-0.4, -0.2) is 28.8 Å². The molecule has 0 aliphatic carbocycles. The Morgan fingerprint density at radius 1 is 1.00 bits per heavy atom. The molecule has 0 saturated carbocycles. The lowest BCUT2D eigenvalue weighted by Gasteiger charge is -2.18. The highest BCUT2D eigenvalue weighted by Crippen LogP contribution is 2.21. The number of anilines is 2. The van der Waals surface area contributed by atoms with Crippen molar-refractivity contribution in [2.45, 2.75) is 19.1 Å². The maximum atomic E-state index is 10.8. The molecule has 0 bridgehead atoms. The Morgan fingerprint density at radius 3 is 2.18 bits per heavy atom. The quantitative estimate of drug-likeness (QED) is 0.657. The summed E-state index contributed by atoms with van der Waals surface area (Å²) in [6.45, 7) is 1.38. The standard InChI is InChI=1S/C17H20N2O3/c1-12(20)18-11-16(21)17(22)13-7-9-15(10-8-13)19-14-5-3-2-4-6-14/h2-10,16-17,19,21-22H,11H2,1H3,(H,18,20). The molecule has 2 rings (SSSR count). The molecule has 0 aromatic heterocycles. The van der Waals surface area contributed by atoms with Crippen LogP contribution in [0.3, 0.4) is 0 Å². The van der Waals surface area contributed by atoms with E-state index >= 15 is 0 Å². The van der Waals surface area contributed by atoms with Crippen molar-refractivity contribution in [1.29, 1.82) is 0 Å². The first-order chi connectivity index (χ1) is 10.6. The van der Waals surface area contributed by atoms with Crippen molar-refractivity contribution in [2.75, 3.05) is 11.9 Å². The number of amides is 1. The van der Waals surface area contributed by atoms with Gasteiger partial charge in [0.2, 0.25) is 5.91 Å². The van der Waals surface area contributed by atoms with E-state index in [0.29, 0.717) is 5.56 Å². The fourth-order valence-electron chi connectivity index (χ4n) is 2.03. The molecule has 0 saturated heterocycles. The van der Waals surface area contributed by atoms with E-state index < -0.39 is 12.2 Å². The highest BCUT2D eigenvalue weighted by molar-refractivity contribution is 5.72. The highest BCUT2D eigenvalue weighted by Gasteiger charge is 2.18. The van der Waals surface area contributed by atoms with Crippen molar-refractivity contribution in [2.24, 2.45) is 0 Å². The number of aliphatic hydroxyl groups is 2. The first-order valence-electron chi connectivity index (χ1n) is 7.09. The fraction of sp³-hybridized carbons (Fsp3) is 0.235. The second kappa shape index (κ2) is 7.59. The predicted octanol–water partition coefficient (Wildman–Crippen LogP) is 1.96. The number of rotatable bonds is 6. The van der Waals surface area contributed by atoms with Crippen LogP contribution in [0.2, 0.25) is 0 Å². The van der Waals surface area contributed by atoms with Crippen LogP contribution in [0.25, 0.3) is 0 Å². The molecule has 2 aromatic rings. The molecule has 0 aliphatic rings. The van der Waals surface area contributed by atoms with Crippen molar-refractivity contribution >= 4 is 17.3 Å². The van der Waals surface area contributed by atoms with E-state index in [1.165, 1.54) is 6.92 Å². The lowest BCUT2D eigenvalue weighted by atomic mass is 10.0. The van der Waals surface area contributed by atoms with Gasteiger partial charge in [-0.1, -0.05) is 30.3 Å². The molecular weight excluding hydrogens is 280 g/mol. The van der Waals surface area contributed by atoms with E-state index in [-0.39, 0.29) is 12.5 Å². The van der Waals surface area contributed by atoms with Gasteiger partial charge in [0.1, 0.15) is 12.2 Å². The number of nitrogens with one attached hydrogen (secondary N) is 2. The van der Waals surface area contributed by atoms with Crippen LogP contribution >= 0.6 is 0 Å². The molecule has 2 aromatic carbocycles. The minimum atomic E-state index is -1.04. The molecule has 0 fully saturated rings. The average molecular weight is 300 g/mol. The van der Waals surface area contributed by atoms with Gasteiger partial charge in [0, 0.05) is 24.8 Å². The summed E-state index contributed by atoms with van der Waals surface area (Å²) in [5, 5.41) is 25.6. The summed E-state index contributed by atoms with van der Waals surface area (Å²) in [6, 6.07) is 16.9. The number of carbonyl (C=O) groups is 1. The van der Waals surface area contributed by atoms with E-state index in [1.807, 2.05) is 42.5 Å². The van der Waals surface area contributed by atoms with Crippen LogP contribution in [-0.2, 0) is 4.79 Å². The molecule has 0 aliphatic heterocycles. The van der Waals surface area contributed by atoms with Gasteiger partial charge in [0.05, 0.1) is 0 Å². The average Bonchev–Trinajstić information content (AvgIpc) is 2.53. The van der Waals surface area contributed by atoms with E-state index in [2.05, 4.69) is 10.6 Å². The van der Waals surface area contributed by atoms with E-state index in [4.69, 9.17) is 0 Å². The summed E-state index contributed by atoms with van der Waals surface area (Å²) >= 11 is 0. The van der Waals surface area contributed by atoms with Crippen LogP contribution in [0.4, 0.5) is 11.4 Å². The summed E-state index contributed by atoms with van der Waals surface area (Å²) in [4.78, 5) is 10.8. The second-order valence-corrected chi connectivity index (χ2v) is 5.06. The maximum absolute atomic E-state index is 10.8. The van der Waals surface area contributed by atoms with Crippen molar-refractivity contribution in [3.63, 3.8) is 0 Å². The van der Waals surface area contributed by atoms with Gasteiger partial charge in [0.25, 0.3) is 0 Å². The molecule has 22 heavy (non-hydrogen) atoms. The summed E-state index contributed by atoms with van der Waals surface area (Å²) in [6.07, 6.45) is -2.09.